The molecule has 1 saturated heterocycles. The molecule has 0 spiro atoms. The van der Waals surface area contributed by atoms with Gasteiger partial charge in [-0.3, -0.25) is 9.30 Å². The quantitative estimate of drug-likeness (QED) is 0.458. The minimum absolute atomic E-state index is 0.0384. The van der Waals surface area contributed by atoms with Gasteiger partial charge in [0.25, 0.3) is 0 Å². The summed E-state index contributed by atoms with van der Waals surface area (Å²) < 4.78 is 43.9. The predicted molar refractivity (Wildman–Crippen MR) is 125 cm³/mol. The van der Waals surface area contributed by atoms with Crippen LogP contribution in [-0.4, -0.2) is 66.2 Å². The Hall–Kier alpha value is -3.08. The Morgan fingerprint density at radius 3 is 2.31 bits per heavy atom. The van der Waals surface area contributed by atoms with Crippen molar-refractivity contribution in [1.82, 2.24) is 24.5 Å². The standard InChI is InChI=1S/C25H26F3N5O2/c1-24(2,3)16-6-4-5-14-7-9-17(29-21(14)16)23-31-30-20-10-8-15(11-33(20)23)22(25(26,27)28)32-12-18(34)19(35)13-32/h4-11,18-19,22,34-35H,12-13H2,1-3H3. The van der Waals surface area contributed by atoms with Crippen molar-refractivity contribution >= 4 is 16.6 Å². The van der Waals surface area contributed by atoms with Gasteiger partial charge in [-0.25, -0.2) is 4.98 Å². The van der Waals surface area contributed by atoms with Gasteiger partial charge >= 0.3 is 6.18 Å². The van der Waals surface area contributed by atoms with Gasteiger partial charge in [-0.15, -0.1) is 10.2 Å². The van der Waals surface area contributed by atoms with Gasteiger partial charge in [0, 0.05) is 24.7 Å². The van der Waals surface area contributed by atoms with Crippen molar-refractivity contribution in [3.05, 3.63) is 59.8 Å². The van der Waals surface area contributed by atoms with Gasteiger partial charge in [0.2, 0.25) is 0 Å². The molecule has 1 aliphatic heterocycles. The zero-order valence-corrected chi connectivity index (χ0v) is 19.5. The monoisotopic (exact) mass is 485 g/mol. The average molecular weight is 486 g/mol. The summed E-state index contributed by atoms with van der Waals surface area (Å²) in [5.74, 6) is 0.329. The number of hydrogen-bond donors (Lipinski definition) is 2. The van der Waals surface area contributed by atoms with Crippen molar-refractivity contribution in [3.8, 4) is 11.5 Å². The largest absolute Gasteiger partial charge is 0.408 e. The number of nitrogens with zero attached hydrogens (tertiary/aromatic N) is 5. The Morgan fingerprint density at radius 1 is 0.943 bits per heavy atom. The molecule has 10 heteroatoms. The molecule has 1 fully saturated rings. The number of β-amino-alcohol motifs (C(OH)–C–C–N with tert-alkyl or cyclic N) is 2. The number of aromatic nitrogens is 4. The van der Waals surface area contributed by atoms with Crippen molar-refractivity contribution in [2.75, 3.05) is 13.1 Å². The van der Waals surface area contributed by atoms with E-state index < -0.39 is 24.4 Å². The number of halogens is 3. The molecule has 0 saturated carbocycles. The summed E-state index contributed by atoms with van der Waals surface area (Å²) in [7, 11) is 0. The molecule has 0 bridgehead atoms. The van der Waals surface area contributed by atoms with E-state index in [-0.39, 0.29) is 24.1 Å². The fraction of sp³-hybridized carbons (Fsp3) is 0.400. The molecule has 3 unspecified atom stereocenters. The van der Waals surface area contributed by atoms with Gasteiger partial charge in [-0.05, 0) is 28.7 Å². The van der Waals surface area contributed by atoms with E-state index in [0.717, 1.165) is 21.4 Å². The average Bonchev–Trinajstić information content (AvgIpc) is 3.34. The predicted octanol–water partition coefficient (Wildman–Crippen LogP) is 3.88. The third-order valence-electron chi connectivity index (χ3n) is 6.46. The van der Waals surface area contributed by atoms with Crippen LogP contribution in [0, 0.1) is 0 Å². The van der Waals surface area contributed by atoms with E-state index in [1.165, 1.54) is 22.7 Å². The highest BCUT2D eigenvalue weighted by molar-refractivity contribution is 5.84. The van der Waals surface area contributed by atoms with Crippen LogP contribution in [0.15, 0.2) is 48.7 Å². The number of aliphatic hydroxyl groups is 2. The second kappa shape index (κ2) is 8.25. The SMILES string of the molecule is CC(C)(C)c1cccc2ccc(-c3nnc4ccc(C(N5CC(O)C(O)C5)C(F)(F)F)cn34)nc12. The second-order valence-corrected chi connectivity index (χ2v) is 10.1. The first kappa shape index (κ1) is 23.7. The van der Waals surface area contributed by atoms with Gasteiger partial charge in [0.05, 0.1) is 17.7 Å². The Morgan fingerprint density at radius 2 is 1.66 bits per heavy atom. The lowest BCUT2D eigenvalue weighted by Gasteiger charge is -2.29. The fourth-order valence-corrected chi connectivity index (χ4v) is 4.74. The number of alkyl halides is 3. The molecule has 4 heterocycles. The molecular formula is C25H26F3N5O2. The molecule has 7 nitrogen and oxygen atoms in total. The highest BCUT2D eigenvalue weighted by Gasteiger charge is 2.48. The topological polar surface area (TPSA) is 86.8 Å². The van der Waals surface area contributed by atoms with Crippen molar-refractivity contribution in [2.45, 2.75) is 50.6 Å². The number of likely N-dealkylation sites (tertiary alicyclic amines) is 1. The molecule has 4 aromatic rings. The van der Waals surface area contributed by atoms with E-state index in [1.54, 1.807) is 6.07 Å². The summed E-state index contributed by atoms with van der Waals surface area (Å²) in [6.45, 7) is 5.73. The molecule has 3 atom stereocenters. The molecule has 1 aliphatic rings. The Bertz CT molecular complexity index is 1390. The lowest BCUT2D eigenvalue weighted by Crippen LogP contribution is -2.38. The van der Waals surface area contributed by atoms with Crippen LogP contribution in [0.1, 0.15) is 37.9 Å². The van der Waals surface area contributed by atoms with Crippen LogP contribution < -0.4 is 0 Å². The summed E-state index contributed by atoms with van der Waals surface area (Å²) in [5, 5.41) is 29.0. The molecule has 5 rings (SSSR count). The number of rotatable bonds is 3. The highest BCUT2D eigenvalue weighted by Crippen LogP contribution is 2.40. The first-order valence-corrected chi connectivity index (χ1v) is 11.4. The van der Waals surface area contributed by atoms with E-state index in [4.69, 9.17) is 4.98 Å². The van der Waals surface area contributed by atoms with E-state index in [2.05, 4.69) is 31.0 Å². The van der Waals surface area contributed by atoms with Crippen LogP contribution in [0.25, 0.3) is 28.1 Å². The number of hydrogen-bond acceptors (Lipinski definition) is 6. The van der Waals surface area contributed by atoms with E-state index in [1.807, 2.05) is 24.3 Å². The smallest absolute Gasteiger partial charge is 0.389 e. The summed E-state index contributed by atoms with van der Waals surface area (Å²) in [4.78, 5) is 5.88. The Balaban J connectivity index is 1.63. The normalized spacial score (nSPS) is 20.7. The van der Waals surface area contributed by atoms with Crippen LogP contribution in [0.4, 0.5) is 13.2 Å². The van der Waals surface area contributed by atoms with Gasteiger partial charge in [-0.1, -0.05) is 51.1 Å². The molecule has 0 amide bonds. The van der Waals surface area contributed by atoms with Gasteiger partial charge in [0.1, 0.15) is 11.7 Å². The zero-order chi connectivity index (χ0) is 25.1. The highest BCUT2D eigenvalue weighted by atomic mass is 19.4. The first-order valence-electron chi connectivity index (χ1n) is 11.4. The lowest BCUT2D eigenvalue weighted by atomic mass is 9.85. The van der Waals surface area contributed by atoms with Crippen LogP contribution >= 0.6 is 0 Å². The maximum absolute atomic E-state index is 14.1. The summed E-state index contributed by atoms with van der Waals surface area (Å²) >= 11 is 0. The minimum Gasteiger partial charge on any atom is -0.389 e. The number of aliphatic hydroxyl groups excluding tert-OH is 2. The van der Waals surface area contributed by atoms with Crippen LogP contribution in [0.5, 0.6) is 0 Å². The van der Waals surface area contributed by atoms with Crippen molar-refractivity contribution in [2.24, 2.45) is 0 Å². The van der Waals surface area contributed by atoms with E-state index in [0.29, 0.717) is 17.2 Å². The molecular weight excluding hydrogens is 459 g/mol. The van der Waals surface area contributed by atoms with Gasteiger partial charge < -0.3 is 10.2 Å². The van der Waals surface area contributed by atoms with Crippen LogP contribution in [-0.2, 0) is 5.41 Å². The number of para-hydroxylation sites is 1. The zero-order valence-electron chi connectivity index (χ0n) is 19.5. The molecule has 2 N–H and O–H groups in total. The summed E-state index contributed by atoms with van der Waals surface area (Å²) in [6.07, 6.45) is -5.71. The summed E-state index contributed by atoms with van der Waals surface area (Å²) in [5.41, 5.74) is 2.54. The van der Waals surface area contributed by atoms with Gasteiger partial charge in [-0.2, -0.15) is 13.2 Å². The molecule has 35 heavy (non-hydrogen) atoms. The number of pyridine rings is 2. The second-order valence-electron chi connectivity index (χ2n) is 10.1. The maximum Gasteiger partial charge on any atom is 0.408 e. The number of fused-ring (bicyclic) bond motifs is 2. The first-order chi connectivity index (χ1) is 16.4. The maximum atomic E-state index is 14.1. The van der Waals surface area contributed by atoms with Crippen molar-refractivity contribution < 1.29 is 23.4 Å². The molecule has 3 aromatic heterocycles. The van der Waals surface area contributed by atoms with Crippen LogP contribution in [0.3, 0.4) is 0 Å². The van der Waals surface area contributed by atoms with E-state index in [9.17, 15) is 23.4 Å². The van der Waals surface area contributed by atoms with Crippen molar-refractivity contribution in [1.29, 1.82) is 0 Å². The van der Waals surface area contributed by atoms with Gasteiger partial charge in [0.15, 0.2) is 11.5 Å². The minimum atomic E-state index is -4.62. The summed E-state index contributed by atoms with van der Waals surface area (Å²) in [6, 6.07) is 10.5. The third-order valence-corrected chi connectivity index (χ3v) is 6.46. The Labute approximate surface area is 199 Å². The fourth-order valence-electron chi connectivity index (χ4n) is 4.74. The molecule has 0 aliphatic carbocycles. The molecule has 0 radical (unpaired) electrons. The van der Waals surface area contributed by atoms with Crippen LogP contribution in [0.2, 0.25) is 0 Å². The van der Waals surface area contributed by atoms with E-state index >= 15 is 0 Å². The molecule has 184 valence electrons. The third kappa shape index (κ3) is 4.26. The Kier molecular flexibility index (Phi) is 5.58. The lowest BCUT2D eigenvalue weighted by molar-refractivity contribution is -0.185. The number of benzene rings is 1. The molecule has 1 aromatic carbocycles. The van der Waals surface area contributed by atoms with Crippen molar-refractivity contribution in [3.63, 3.8) is 0 Å².